The van der Waals surface area contributed by atoms with Crippen molar-refractivity contribution in [2.75, 3.05) is 11.8 Å². The summed E-state index contributed by atoms with van der Waals surface area (Å²) >= 11 is 0. The molecular formula is C23H24N2O4S. The van der Waals surface area contributed by atoms with E-state index in [9.17, 15) is 13.2 Å². The molecule has 0 radical (unpaired) electrons. The van der Waals surface area contributed by atoms with Crippen molar-refractivity contribution in [2.45, 2.75) is 25.3 Å². The van der Waals surface area contributed by atoms with E-state index < -0.39 is 10.0 Å². The van der Waals surface area contributed by atoms with Crippen LogP contribution in [0.4, 0.5) is 5.69 Å². The summed E-state index contributed by atoms with van der Waals surface area (Å²) in [7, 11) is -2.24. The quantitative estimate of drug-likeness (QED) is 0.599. The van der Waals surface area contributed by atoms with Crippen LogP contribution in [0, 0.1) is 13.8 Å². The van der Waals surface area contributed by atoms with Crippen molar-refractivity contribution >= 4 is 21.6 Å². The Hall–Kier alpha value is -3.32. The second-order valence-corrected chi connectivity index (χ2v) is 8.67. The zero-order valence-electron chi connectivity index (χ0n) is 17.1. The minimum Gasteiger partial charge on any atom is -0.497 e. The zero-order valence-corrected chi connectivity index (χ0v) is 17.9. The van der Waals surface area contributed by atoms with Crippen molar-refractivity contribution in [2.24, 2.45) is 0 Å². The van der Waals surface area contributed by atoms with Crippen molar-refractivity contribution < 1.29 is 17.9 Å². The predicted octanol–water partition coefficient (Wildman–Crippen LogP) is 4.04. The Labute approximate surface area is 177 Å². The number of rotatable bonds is 7. The molecule has 0 bridgehead atoms. The first kappa shape index (κ1) is 21.4. The van der Waals surface area contributed by atoms with Gasteiger partial charge in [-0.25, -0.2) is 8.42 Å². The molecule has 6 nitrogen and oxygen atoms in total. The molecule has 0 fully saturated rings. The third-order valence-electron chi connectivity index (χ3n) is 4.62. The molecule has 2 N–H and O–H groups in total. The number of anilines is 1. The van der Waals surface area contributed by atoms with Crippen LogP contribution in [0.25, 0.3) is 0 Å². The second-order valence-electron chi connectivity index (χ2n) is 6.99. The van der Waals surface area contributed by atoms with E-state index >= 15 is 0 Å². The van der Waals surface area contributed by atoms with Crippen LogP contribution in [0.2, 0.25) is 0 Å². The molecule has 3 aromatic rings. The van der Waals surface area contributed by atoms with Gasteiger partial charge in [0.05, 0.1) is 12.0 Å². The van der Waals surface area contributed by atoms with E-state index in [1.807, 2.05) is 37.3 Å². The highest BCUT2D eigenvalue weighted by Gasteiger charge is 2.18. The maximum atomic E-state index is 12.8. The fourth-order valence-electron chi connectivity index (χ4n) is 3.00. The number of amides is 1. The van der Waals surface area contributed by atoms with E-state index in [1.54, 1.807) is 38.3 Å². The minimum atomic E-state index is -3.83. The van der Waals surface area contributed by atoms with Crippen molar-refractivity contribution in [3.8, 4) is 5.75 Å². The number of carbonyl (C=O) groups is 1. The molecule has 3 aromatic carbocycles. The second kappa shape index (κ2) is 9.00. The number of aryl methyl sites for hydroxylation is 2. The van der Waals surface area contributed by atoms with Crippen LogP contribution in [-0.4, -0.2) is 21.4 Å². The molecule has 0 heterocycles. The number of hydrogen-bond acceptors (Lipinski definition) is 4. The van der Waals surface area contributed by atoms with E-state index in [1.165, 1.54) is 12.1 Å². The zero-order chi connectivity index (χ0) is 21.7. The molecule has 7 heteroatoms. The van der Waals surface area contributed by atoms with Crippen molar-refractivity contribution in [1.29, 1.82) is 0 Å². The number of ether oxygens (including phenoxy) is 1. The first-order valence-electron chi connectivity index (χ1n) is 9.40. The smallest absolute Gasteiger partial charge is 0.261 e. The first-order valence-corrected chi connectivity index (χ1v) is 10.9. The lowest BCUT2D eigenvalue weighted by molar-refractivity contribution is 0.0950. The van der Waals surface area contributed by atoms with Gasteiger partial charge in [-0.2, -0.15) is 0 Å². The summed E-state index contributed by atoms with van der Waals surface area (Å²) in [5.74, 6) is 0.358. The van der Waals surface area contributed by atoms with Gasteiger partial charge in [-0.3, -0.25) is 9.52 Å². The van der Waals surface area contributed by atoms with Gasteiger partial charge in [0.1, 0.15) is 5.75 Å². The fourth-order valence-corrected chi connectivity index (χ4v) is 4.07. The van der Waals surface area contributed by atoms with Crippen molar-refractivity contribution in [1.82, 2.24) is 5.32 Å². The van der Waals surface area contributed by atoms with Crippen LogP contribution in [0.3, 0.4) is 0 Å². The lowest BCUT2D eigenvalue weighted by Crippen LogP contribution is -2.24. The van der Waals surface area contributed by atoms with Gasteiger partial charge in [0, 0.05) is 17.8 Å². The highest BCUT2D eigenvalue weighted by Crippen LogP contribution is 2.20. The fraction of sp³-hybridized carbons (Fsp3) is 0.174. The molecule has 0 unspecified atom stereocenters. The summed E-state index contributed by atoms with van der Waals surface area (Å²) in [4.78, 5) is 12.7. The van der Waals surface area contributed by atoms with Gasteiger partial charge in [0.2, 0.25) is 0 Å². The third kappa shape index (κ3) is 5.18. The molecule has 156 valence electrons. The van der Waals surface area contributed by atoms with Crippen molar-refractivity contribution in [3.05, 3.63) is 89.0 Å². The third-order valence-corrected chi connectivity index (χ3v) is 6.00. The van der Waals surface area contributed by atoms with E-state index in [-0.39, 0.29) is 10.8 Å². The largest absolute Gasteiger partial charge is 0.497 e. The number of carbonyl (C=O) groups excluding carboxylic acids is 1. The number of hydrogen-bond donors (Lipinski definition) is 2. The van der Waals surface area contributed by atoms with Crippen molar-refractivity contribution in [3.63, 3.8) is 0 Å². The Morgan fingerprint density at radius 2 is 1.73 bits per heavy atom. The number of methoxy groups -OCH3 is 1. The maximum Gasteiger partial charge on any atom is 0.261 e. The van der Waals surface area contributed by atoms with Gasteiger partial charge in [0.25, 0.3) is 15.9 Å². The molecule has 0 saturated heterocycles. The summed E-state index contributed by atoms with van der Waals surface area (Å²) in [6, 6.07) is 19.0. The molecule has 0 aliphatic carbocycles. The number of nitrogens with one attached hydrogen (secondary N) is 2. The number of benzene rings is 3. The van der Waals surface area contributed by atoms with E-state index in [0.717, 1.165) is 11.1 Å². The summed E-state index contributed by atoms with van der Waals surface area (Å²) in [6.07, 6.45) is 0. The topological polar surface area (TPSA) is 84.5 Å². The molecule has 0 atom stereocenters. The molecule has 0 spiro atoms. The average Bonchev–Trinajstić information content (AvgIpc) is 2.72. The van der Waals surface area contributed by atoms with E-state index in [4.69, 9.17) is 4.74 Å². The minimum absolute atomic E-state index is 0.0288. The molecule has 3 rings (SSSR count). The lowest BCUT2D eigenvalue weighted by atomic mass is 10.1. The normalized spacial score (nSPS) is 11.0. The van der Waals surface area contributed by atoms with E-state index in [2.05, 4.69) is 10.0 Å². The van der Waals surface area contributed by atoms with Gasteiger partial charge in [-0.1, -0.05) is 30.3 Å². The van der Waals surface area contributed by atoms with E-state index in [0.29, 0.717) is 29.1 Å². The van der Waals surface area contributed by atoms with Crippen LogP contribution < -0.4 is 14.8 Å². The van der Waals surface area contributed by atoms with Crippen LogP contribution in [0.1, 0.15) is 27.0 Å². The highest BCUT2D eigenvalue weighted by atomic mass is 32.2. The lowest BCUT2D eigenvalue weighted by Gasteiger charge is -2.12. The van der Waals surface area contributed by atoms with Crippen LogP contribution >= 0.6 is 0 Å². The van der Waals surface area contributed by atoms with Gasteiger partial charge in [0.15, 0.2) is 0 Å². The molecule has 0 saturated carbocycles. The van der Waals surface area contributed by atoms with Gasteiger partial charge >= 0.3 is 0 Å². The molecular weight excluding hydrogens is 400 g/mol. The van der Waals surface area contributed by atoms with Gasteiger partial charge < -0.3 is 10.1 Å². The standard InChI is InChI=1S/C23H24N2O4S/c1-16-6-4-8-19(12-16)25-30(27,28)21-11-10-17(2)22(14-21)23(26)24-15-18-7-5-9-20(13-18)29-3/h4-14,25H,15H2,1-3H3,(H,24,26). The SMILES string of the molecule is COc1cccc(CNC(=O)c2cc(S(=O)(=O)Nc3cccc(C)c3)ccc2C)c1. The Kier molecular flexibility index (Phi) is 6.42. The predicted molar refractivity (Wildman–Crippen MR) is 117 cm³/mol. The summed E-state index contributed by atoms with van der Waals surface area (Å²) in [6.45, 7) is 3.95. The Bertz CT molecular complexity index is 1170. The molecule has 30 heavy (non-hydrogen) atoms. The Morgan fingerprint density at radius 3 is 2.47 bits per heavy atom. The summed E-state index contributed by atoms with van der Waals surface area (Å²) in [5, 5.41) is 2.83. The van der Waals surface area contributed by atoms with Crippen LogP contribution in [-0.2, 0) is 16.6 Å². The monoisotopic (exact) mass is 424 g/mol. The Morgan fingerprint density at radius 1 is 0.967 bits per heavy atom. The molecule has 0 aliphatic rings. The number of sulfonamides is 1. The Balaban J connectivity index is 1.79. The average molecular weight is 425 g/mol. The molecule has 1 amide bonds. The van der Waals surface area contributed by atoms with Crippen LogP contribution in [0.5, 0.6) is 5.75 Å². The highest BCUT2D eigenvalue weighted by molar-refractivity contribution is 7.92. The maximum absolute atomic E-state index is 12.8. The molecule has 0 aliphatic heterocycles. The first-order chi connectivity index (χ1) is 14.3. The summed E-state index contributed by atoms with van der Waals surface area (Å²) < 4.78 is 33.3. The van der Waals surface area contributed by atoms with Crippen LogP contribution in [0.15, 0.2) is 71.6 Å². The van der Waals surface area contributed by atoms with Gasteiger partial charge in [-0.05, 0) is 66.9 Å². The van der Waals surface area contributed by atoms with Gasteiger partial charge in [-0.15, -0.1) is 0 Å². The molecule has 0 aromatic heterocycles. The summed E-state index contributed by atoms with van der Waals surface area (Å²) in [5.41, 5.74) is 3.29.